The van der Waals surface area contributed by atoms with Crippen molar-refractivity contribution < 1.29 is 80.2 Å². The fourth-order valence-electron chi connectivity index (χ4n) is 11.0. The summed E-state index contributed by atoms with van der Waals surface area (Å²) in [5.41, 5.74) is 0. The van der Waals surface area contributed by atoms with Gasteiger partial charge >= 0.3 is 39.5 Å². The molecule has 0 saturated heterocycles. The van der Waals surface area contributed by atoms with Crippen molar-refractivity contribution in [3.63, 3.8) is 0 Å². The number of hydrogen-bond acceptors (Lipinski definition) is 15. The van der Waals surface area contributed by atoms with Crippen LogP contribution in [0.2, 0.25) is 0 Å². The quantitative estimate of drug-likeness (QED) is 0.0222. The highest BCUT2D eigenvalue weighted by molar-refractivity contribution is 7.47. The van der Waals surface area contributed by atoms with Gasteiger partial charge < -0.3 is 33.8 Å². The Labute approximate surface area is 556 Å². The SMILES string of the molecule is CCCCCCCCCCCCCCCCCCCCCCCC(=O)O[C@H](COC(=O)CCCCCCCCCCCC(C)C)COP(=O)(O)OC[C@@H](O)COP(=O)(O)OC[C@@H](COC(=O)CCCCCCCCCCC)OC(=O)CCCCCCCCCCC. The van der Waals surface area contributed by atoms with Crippen LogP contribution in [0.15, 0.2) is 0 Å². The Morgan fingerprint density at radius 2 is 0.505 bits per heavy atom. The molecule has 0 aromatic rings. The van der Waals surface area contributed by atoms with Crippen molar-refractivity contribution in [2.45, 2.75) is 393 Å². The summed E-state index contributed by atoms with van der Waals surface area (Å²) in [6.45, 7) is 7.20. The molecule has 0 spiro atoms. The van der Waals surface area contributed by atoms with E-state index in [1.807, 2.05) is 0 Å². The van der Waals surface area contributed by atoms with Gasteiger partial charge in [0.05, 0.1) is 26.4 Å². The molecule has 19 heteroatoms. The molecule has 3 N–H and O–H groups in total. The molecule has 0 aliphatic heterocycles. The van der Waals surface area contributed by atoms with E-state index in [1.165, 1.54) is 199 Å². The fraction of sp³-hybridized carbons (Fsp3) is 0.944. The molecule has 0 saturated carbocycles. The Kier molecular flexibility index (Phi) is 64.0. The number of unbranched alkanes of at least 4 members (excludes halogenated alkanes) is 44. The van der Waals surface area contributed by atoms with Gasteiger partial charge in [0.1, 0.15) is 19.3 Å². The van der Waals surface area contributed by atoms with E-state index in [0.717, 1.165) is 95.8 Å². The molecule has 17 nitrogen and oxygen atoms in total. The number of phosphoric acid groups is 2. The molecule has 0 aromatic heterocycles. The Morgan fingerprint density at radius 1 is 0.297 bits per heavy atom. The normalized spacial score (nSPS) is 14.0. The second-order valence-electron chi connectivity index (χ2n) is 26.5. The van der Waals surface area contributed by atoms with Crippen LogP contribution in [0.4, 0.5) is 0 Å². The minimum Gasteiger partial charge on any atom is -0.462 e. The average Bonchev–Trinajstić information content (AvgIpc) is 3.63. The Bertz CT molecular complexity index is 1750. The summed E-state index contributed by atoms with van der Waals surface area (Å²) in [7, 11) is -9.90. The fourth-order valence-corrected chi connectivity index (χ4v) is 12.6. The molecule has 540 valence electrons. The van der Waals surface area contributed by atoms with Crippen molar-refractivity contribution in [3.05, 3.63) is 0 Å². The molecule has 0 aliphatic rings. The van der Waals surface area contributed by atoms with Crippen LogP contribution in [-0.2, 0) is 65.4 Å². The van der Waals surface area contributed by atoms with E-state index in [9.17, 15) is 43.2 Å². The van der Waals surface area contributed by atoms with Gasteiger partial charge in [-0.2, -0.15) is 0 Å². The number of hydrogen-bond donors (Lipinski definition) is 3. The van der Waals surface area contributed by atoms with Crippen molar-refractivity contribution >= 4 is 39.5 Å². The minimum absolute atomic E-state index is 0.106. The standard InChI is InChI=1S/C72H140O17P2/c1-6-9-12-15-18-21-22-23-24-25-26-27-28-29-30-31-32-37-43-48-53-58-72(77)89-68(62-83-70(75)56-51-46-41-38-33-36-39-44-49-54-65(4)5)64-87-91(80,81)85-60-66(73)59-84-90(78,79)86-63-67(88-71(76)57-52-47-42-35-20-17-14-11-8-3)61-82-69(74)55-50-45-40-34-19-16-13-10-7-2/h65-68,73H,6-64H2,1-5H3,(H,78,79)(H,80,81)/t66-,67+,68+/m0/s1. The molecule has 0 amide bonds. The molecule has 2 unspecified atom stereocenters. The maximum atomic E-state index is 13.0. The van der Waals surface area contributed by atoms with Gasteiger partial charge in [-0.05, 0) is 31.6 Å². The lowest BCUT2D eigenvalue weighted by molar-refractivity contribution is -0.161. The molecule has 0 radical (unpaired) electrons. The summed E-state index contributed by atoms with van der Waals surface area (Å²) in [4.78, 5) is 72.5. The van der Waals surface area contributed by atoms with E-state index < -0.39 is 97.5 Å². The molecule has 0 bridgehead atoms. The van der Waals surface area contributed by atoms with Gasteiger partial charge in [0.25, 0.3) is 0 Å². The summed E-state index contributed by atoms with van der Waals surface area (Å²) in [5, 5.41) is 10.6. The van der Waals surface area contributed by atoms with E-state index in [1.54, 1.807) is 0 Å². The zero-order valence-electron chi connectivity index (χ0n) is 59.0. The second kappa shape index (κ2) is 65.4. The third-order valence-corrected chi connectivity index (χ3v) is 18.7. The number of ether oxygens (including phenoxy) is 4. The largest absolute Gasteiger partial charge is 0.472 e. The predicted molar refractivity (Wildman–Crippen MR) is 368 cm³/mol. The van der Waals surface area contributed by atoms with Crippen molar-refractivity contribution in [3.8, 4) is 0 Å². The number of aliphatic hydroxyl groups is 1. The van der Waals surface area contributed by atoms with E-state index in [-0.39, 0.29) is 25.7 Å². The smallest absolute Gasteiger partial charge is 0.462 e. The zero-order valence-corrected chi connectivity index (χ0v) is 60.8. The molecule has 0 aromatic carbocycles. The van der Waals surface area contributed by atoms with Crippen LogP contribution in [0, 0.1) is 5.92 Å². The second-order valence-corrected chi connectivity index (χ2v) is 29.4. The monoisotopic (exact) mass is 1340 g/mol. The number of aliphatic hydroxyl groups excluding tert-OH is 1. The number of rotatable bonds is 72. The first kappa shape index (κ1) is 89.1. The first-order valence-corrected chi connectivity index (χ1v) is 40.6. The van der Waals surface area contributed by atoms with Crippen LogP contribution >= 0.6 is 15.6 Å². The third-order valence-electron chi connectivity index (χ3n) is 16.8. The topological polar surface area (TPSA) is 237 Å². The Morgan fingerprint density at radius 3 is 0.747 bits per heavy atom. The molecule has 91 heavy (non-hydrogen) atoms. The lowest BCUT2D eigenvalue weighted by Gasteiger charge is -2.21. The first-order chi connectivity index (χ1) is 44.0. The molecular weight excluding hydrogens is 1200 g/mol. The first-order valence-electron chi connectivity index (χ1n) is 37.6. The van der Waals surface area contributed by atoms with Gasteiger partial charge in [-0.1, -0.05) is 324 Å². The van der Waals surface area contributed by atoms with Gasteiger partial charge in [0.2, 0.25) is 0 Å². The van der Waals surface area contributed by atoms with Gasteiger partial charge in [-0.15, -0.1) is 0 Å². The number of esters is 4. The van der Waals surface area contributed by atoms with Crippen LogP contribution in [0.3, 0.4) is 0 Å². The Balaban J connectivity index is 5.15. The van der Waals surface area contributed by atoms with Gasteiger partial charge in [-0.3, -0.25) is 37.3 Å². The molecular formula is C72H140O17P2. The van der Waals surface area contributed by atoms with Gasteiger partial charge in [0.15, 0.2) is 12.2 Å². The number of phosphoric ester groups is 2. The van der Waals surface area contributed by atoms with Crippen LogP contribution in [0.1, 0.15) is 375 Å². The highest BCUT2D eigenvalue weighted by atomic mass is 31.2. The zero-order chi connectivity index (χ0) is 67.0. The van der Waals surface area contributed by atoms with Crippen molar-refractivity contribution in [1.29, 1.82) is 0 Å². The molecule has 5 atom stereocenters. The van der Waals surface area contributed by atoms with Crippen molar-refractivity contribution in [2.24, 2.45) is 5.92 Å². The maximum absolute atomic E-state index is 13.0. The van der Waals surface area contributed by atoms with E-state index in [0.29, 0.717) is 25.7 Å². The summed E-state index contributed by atoms with van der Waals surface area (Å²) < 4.78 is 68.2. The maximum Gasteiger partial charge on any atom is 0.472 e. The lowest BCUT2D eigenvalue weighted by Crippen LogP contribution is -2.30. The van der Waals surface area contributed by atoms with Gasteiger partial charge in [0, 0.05) is 25.7 Å². The summed E-state index contributed by atoms with van der Waals surface area (Å²) in [5.74, 6) is -1.38. The summed E-state index contributed by atoms with van der Waals surface area (Å²) in [6, 6.07) is 0. The highest BCUT2D eigenvalue weighted by Gasteiger charge is 2.30. The van der Waals surface area contributed by atoms with Crippen LogP contribution in [0.25, 0.3) is 0 Å². The third kappa shape index (κ3) is 66.5. The van der Waals surface area contributed by atoms with Crippen molar-refractivity contribution in [1.82, 2.24) is 0 Å². The van der Waals surface area contributed by atoms with Crippen LogP contribution in [0.5, 0.6) is 0 Å². The Hall–Kier alpha value is -1.94. The van der Waals surface area contributed by atoms with Crippen LogP contribution < -0.4 is 0 Å². The van der Waals surface area contributed by atoms with E-state index in [2.05, 4.69) is 34.6 Å². The summed E-state index contributed by atoms with van der Waals surface area (Å²) in [6.07, 6.45) is 52.9. The van der Waals surface area contributed by atoms with E-state index in [4.69, 9.17) is 37.0 Å². The molecule has 0 fully saturated rings. The highest BCUT2D eigenvalue weighted by Crippen LogP contribution is 2.45. The average molecular weight is 1340 g/mol. The molecule has 0 aliphatic carbocycles. The summed E-state index contributed by atoms with van der Waals surface area (Å²) >= 11 is 0. The van der Waals surface area contributed by atoms with Gasteiger partial charge in [-0.25, -0.2) is 9.13 Å². The number of carbonyl (C=O) groups is 4. The van der Waals surface area contributed by atoms with E-state index >= 15 is 0 Å². The predicted octanol–water partition coefficient (Wildman–Crippen LogP) is 20.9. The molecule has 0 heterocycles. The van der Waals surface area contributed by atoms with Crippen LogP contribution in [-0.4, -0.2) is 96.7 Å². The number of carbonyl (C=O) groups excluding carboxylic acids is 4. The minimum atomic E-state index is -4.95. The lowest BCUT2D eigenvalue weighted by atomic mass is 10.0. The van der Waals surface area contributed by atoms with Crippen molar-refractivity contribution in [2.75, 3.05) is 39.6 Å². The molecule has 0 rings (SSSR count).